The van der Waals surface area contributed by atoms with E-state index in [9.17, 15) is 0 Å². The standard InChI is InChI=1S/C15H16ClNO2/c1-18-10-11-3-2-4-13(7-11)19-14-6-5-12(9-17)15(16)8-14/h2-8H,9-10,17H2,1H3. The number of ether oxygens (including phenoxy) is 2. The summed E-state index contributed by atoms with van der Waals surface area (Å²) in [6, 6.07) is 13.2. The fraction of sp³-hybridized carbons (Fsp3) is 0.200. The van der Waals surface area contributed by atoms with Crippen molar-refractivity contribution in [1.29, 1.82) is 0 Å². The molecule has 0 aliphatic heterocycles. The van der Waals surface area contributed by atoms with Crippen LogP contribution in [0.5, 0.6) is 11.5 Å². The van der Waals surface area contributed by atoms with Crippen molar-refractivity contribution in [2.24, 2.45) is 5.73 Å². The Morgan fingerprint density at radius 2 is 1.89 bits per heavy atom. The lowest BCUT2D eigenvalue weighted by atomic mass is 10.2. The Kier molecular flexibility index (Phi) is 4.80. The highest BCUT2D eigenvalue weighted by molar-refractivity contribution is 6.31. The second-order valence-corrected chi connectivity index (χ2v) is 4.55. The van der Waals surface area contributed by atoms with Gasteiger partial charge < -0.3 is 15.2 Å². The van der Waals surface area contributed by atoms with Gasteiger partial charge in [0.1, 0.15) is 11.5 Å². The normalized spacial score (nSPS) is 10.5. The number of benzene rings is 2. The summed E-state index contributed by atoms with van der Waals surface area (Å²) in [6.07, 6.45) is 0. The minimum Gasteiger partial charge on any atom is -0.457 e. The minimum atomic E-state index is 0.419. The van der Waals surface area contributed by atoms with Crippen LogP contribution in [0.4, 0.5) is 0 Å². The molecule has 2 aromatic carbocycles. The van der Waals surface area contributed by atoms with E-state index >= 15 is 0 Å². The van der Waals surface area contributed by atoms with Crippen LogP contribution in [0.1, 0.15) is 11.1 Å². The van der Waals surface area contributed by atoms with Gasteiger partial charge in [-0.15, -0.1) is 0 Å². The Morgan fingerprint density at radius 3 is 2.58 bits per heavy atom. The van der Waals surface area contributed by atoms with Crippen LogP contribution < -0.4 is 10.5 Å². The fourth-order valence-electron chi connectivity index (χ4n) is 1.76. The Balaban J connectivity index is 2.16. The lowest BCUT2D eigenvalue weighted by Crippen LogP contribution is -1.97. The van der Waals surface area contributed by atoms with Gasteiger partial charge in [-0.25, -0.2) is 0 Å². The van der Waals surface area contributed by atoms with Crippen LogP contribution in [0.3, 0.4) is 0 Å². The summed E-state index contributed by atoms with van der Waals surface area (Å²) in [7, 11) is 1.67. The van der Waals surface area contributed by atoms with Crippen molar-refractivity contribution >= 4 is 11.6 Å². The minimum absolute atomic E-state index is 0.419. The zero-order chi connectivity index (χ0) is 13.7. The molecule has 19 heavy (non-hydrogen) atoms. The van der Waals surface area contributed by atoms with Crippen molar-refractivity contribution in [3.05, 3.63) is 58.6 Å². The van der Waals surface area contributed by atoms with Crippen LogP contribution in [0.2, 0.25) is 5.02 Å². The Morgan fingerprint density at radius 1 is 1.11 bits per heavy atom. The van der Waals surface area contributed by atoms with Crippen LogP contribution >= 0.6 is 11.6 Å². The van der Waals surface area contributed by atoms with Gasteiger partial charge in [0.2, 0.25) is 0 Å². The molecule has 0 radical (unpaired) electrons. The van der Waals surface area contributed by atoms with Crippen LogP contribution in [-0.4, -0.2) is 7.11 Å². The van der Waals surface area contributed by atoms with Crippen LogP contribution in [-0.2, 0) is 17.9 Å². The molecule has 3 nitrogen and oxygen atoms in total. The average molecular weight is 278 g/mol. The Hall–Kier alpha value is -1.55. The summed E-state index contributed by atoms with van der Waals surface area (Å²) in [4.78, 5) is 0. The SMILES string of the molecule is COCc1cccc(Oc2ccc(CN)c(Cl)c2)c1. The molecule has 0 heterocycles. The van der Waals surface area contributed by atoms with Crippen molar-refractivity contribution in [3.63, 3.8) is 0 Å². The van der Waals surface area contributed by atoms with E-state index in [0.717, 1.165) is 16.9 Å². The third-order valence-electron chi connectivity index (χ3n) is 2.69. The molecule has 0 bridgehead atoms. The molecule has 2 N–H and O–H groups in total. The van der Waals surface area contributed by atoms with E-state index < -0.39 is 0 Å². The fourth-order valence-corrected chi connectivity index (χ4v) is 2.01. The smallest absolute Gasteiger partial charge is 0.128 e. The summed E-state index contributed by atoms with van der Waals surface area (Å²) in [6.45, 7) is 0.979. The molecule has 0 aliphatic rings. The predicted octanol–water partition coefficient (Wildman–Crippen LogP) is 3.74. The molecule has 100 valence electrons. The maximum atomic E-state index is 6.10. The number of methoxy groups -OCH3 is 1. The van der Waals surface area contributed by atoms with E-state index in [-0.39, 0.29) is 0 Å². The number of hydrogen-bond donors (Lipinski definition) is 1. The first-order chi connectivity index (χ1) is 9.22. The second kappa shape index (κ2) is 6.57. The van der Waals surface area contributed by atoms with E-state index in [0.29, 0.717) is 23.9 Å². The van der Waals surface area contributed by atoms with Gasteiger partial charge in [0.05, 0.1) is 6.61 Å². The summed E-state index contributed by atoms with van der Waals surface area (Å²) < 4.78 is 10.9. The lowest BCUT2D eigenvalue weighted by molar-refractivity contribution is 0.184. The number of hydrogen-bond acceptors (Lipinski definition) is 3. The first-order valence-electron chi connectivity index (χ1n) is 5.97. The summed E-state index contributed by atoms with van der Waals surface area (Å²) in [5.74, 6) is 1.45. The number of nitrogens with two attached hydrogens (primary N) is 1. The molecule has 4 heteroatoms. The molecule has 2 rings (SSSR count). The maximum absolute atomic E-state index is 6.10. The predicted molar refractivity (Wildman–Crippen MR) is 76.6 cm³/mol. The van der Waals surface area contributed by atoms with E-state index in [4.69, 9.17) is 26.8 Å². The quantitative estimate of drug-likeness (QED) is 0.905. The van der Waals surface area contributed by atoms with Crippen molar-refractivity contribution in [1.82, 2.24) is 0 Å². The van der Waals surface area contributed by atoms with Gasteiger partial charge in [-0.1, -0.05) is 29.8 Å². The molecule has 0 aliphatic carbocycles. The second-order valence-electron chi connectivity index (χ2n) is 4.14. The van der Waals surface area contributed by atoms with Crippen molar-refractivity contribution in [2.75, 3.05) is 7.11 Å². The number of rotatable bonds is 5. The zero-order valence-electron chi connectivity index (χ0n) is 10.7. The van der Waals surface area contributed by atoms with Crippen LogP contribution in [0, 0.1) is 0 Å². The molecular weight excluding hydrogens is 262 g/mol. The van der Waals surface area contributed by atoms with Gasteiger partial charge in [0.25, 0.3) is 0 Å². The summed E-state index contributed by atoms with van der Waals surface area (Å²) in [5.41, 5.74) is 7.53. The van der Waals surface area contributed by atoms with E-state index in [1.165, 1.54) is 0 Å². The highest BCUT2D eigenvalue weighted by Gasteiger charge is 2.03. The van der Waals surface area contributed by atoms with E-state index in [1.807, 2.05) is 36.4 Å². The monoisotopic (exact) mass is 277 g/mol. The third-order valence-corrected chi connectivity index (χ3v) is 3.04. The Bertz CT molecular complexity index is 558. The molecule has 0 fully saturated rings. The van der Waals surface area contributed by atoms with Gasteiger partial charge in [-0.2, -0.15) is 0 Å². The van der Waals surface area contributed by atoms with Crippen LogP contribution in [0.15, 0.2) is 42.5 Å². The molecule has 2 aromatic rings. The van der Waals surface area contributed by atoms with Crippen molar-refractivity contribution in [2.45, 2.75) is 13.2 Å². The molecule has 0 amide bonds. The highest BCUT2D eigenvalue weighted by Crippen LogP contribution is 2.27. The summed E-state index contributed by atoms with van der Waals surface area (Å²) in [5, 5.41) is 0.619. The van der Waals surface area contributed by atoms with E-state index in [2.05, 4.69) is 0 Å². The largest absolute Gasteiger partial charge is 0.457 e. The molecule has 0 aromatic heterocycles. The average Bonchev–Trinajstić information content (AvgIpc) is 2.40. The first-order valence-corrected chi connectivity index (χ1v) is 6.35. The molecular formula is C15H16ClNO2. The van der Waals surface area contributed by atoms with Gasteiger partial charge in [-0.3, -0.25) is 0 Å². The van der Waals surface area contributed by atoms with E-state index in [1.54, 1.807) is 13.2 Å². The molecule has 0 saturated carbocycles. The van der Waals surface area contributed by atoms with Crippen molar-refractivity contribution < 1.29 is 9.47 Å². The summed E-state index contributed by atoms with van der Waals surface area (Å²) >= 11 is 6.10. The third kappa shape index (κ3) is 3.70. The first kappa shape index (κ1) is 13.9. The highest BCUT2D eigenvalue weighted by atomic mass is 35.5. The molecule has 0 spiro atoms. The number of halogens is 1. The molecule has 0 unspecified atom stereocenters. The van der Waals surface area contributed by atoms with Crippen molar-refractivity contribution in [3.8, 4) is 11.5 Å². The maximum Gasteiger partial charge on any atom is 0.128 e. The van der Waals surface area contributed by atoms with Gasteiger partial charge in [0, 0.05) is 18.7 Å². The molecule has 0 saturated heterocycles. The molecule has 0 atom stereocenters. The van der Waals surface area contributed by atoms with Gasteiger partial charge in [0.15, 0.2) is 0 Å². The van der Waals surface area contributed by atoms with Crippen LogP contribution in [0.25, 0.3) is 0 Å². The lowest BCUT2D eigenvalue weighted by Gasteiger charge is -2.09. The Labute approximate surface area is 117 Å². The van der Waals surface area contributed by atoms with Gasteiger partial charge >= 0.3 is 0 Å². The zero-order valence-corrected chi connectivity index (χ0v) is 11.5. The topological polar surface area (TPSA) is 44.5 Å². The van der Waals surface area contributed by atoms with Gasteiger partial charge in [-0.05, 0) is 35.4 Å².